The summed E-state index contributed by atoms with van der Waals surface area (Å²) < 4.78 is 75.5. The summed E-state index contributed by atoms with van der Waals surface area (Å²) >= 11 is 0. The summed E-state index contributed by atoms with van der Waals surface area (Å²) in [5.41, 5.74) is -2.31. The lowest BCUT2D eigenvalue weighted by Gasteiger charge is -2.16. The molecule has 0 aromatic carbocycles. The summed E-state index contributed by atoms with van der Waals surface area (Å²) in [5, 5.41) is 11.3. The molecule has 0 bridgehead atoms. The number of nitrogens with zero attached hydrogens (tertiary/aromatic N) is 6. The molecule has 7 nitrogen and oxygen atoms in total. The minimum absolute atomic E-state index is 0.368. The molecule has 0 spiro atoms. The van der Waals surface area contributed by atoms with Crippen LogP contribution in [0.5, 0.6) is 0 Å². The Morgan fingerprint density at radius 1 is 1.15 bits per heavy atom. The number of alkyl halides is 5. The SMILES string of the molecule is O=C(n1ccnn1)n1nnc(C(F)(F)C(F)(F)F)c1F. The summed E-state index contributed by atoms with van der Waals surface area (Å²) in [6.45, 7) is 0. The van der Waals surface area contributed by atoms with Crippen LogP contribution in [0.25, 0.3) is 0 Å². The van der Waals surface area contributed by atoms with Crippen LogP contribution in [0.4, 0.5) is 31.1 Å². The molecule has 108 valence electrons. The number of hydrogen-bond acceptors (Lipinski definition) is 5. The Morgan fingerprint density at radius 3 is 2.30 bits per heavy atom. The molecule has 0 atom stereocenters. The zero-order valence-electron chi connectivity index (χ0n) is 9.01. The zero-order chi connectivity index (χ0) is 15.1. The first-order valence-corrected chi connectivity index (χ1v) is 4.63. The van der Waals surface area contributed by atoms with Gasteiger partial charge >= 0.3 is 18.1 Å². The van der Waals surface area contributed by atoms with E-state index in [4.69, 9.17) is 0 Å². The lowest BCUT2D eigenvalue weighted by Crippen LogP contribution is -2.35. The van der Waals surface area contributed by atoms with Crippen molar-refractivity contribution in [2.24, 2.45) is 0 Å². The normalized spacial score (nSPS) is 12.7. The maximum Gasteiger partial charge on any atom is 0.460 e. The van der Waals surface area contributed by atoms with Crippen LogP contribution in [0.2, 0.25) is 0 Å². The first-order valence-electron chi connectivity index (χ1n) is 4.63. The molecule has 13 heteroatoms. The molecule has 0 fully saturated rings. The van der Waals surface area contributed by atoms with E-state index < -0.39 is 29.8 Å². The van der Waals surface area contributed by atoms with Crippen molar-refractivity contribution in [1.29, 1.82) is 0 Å². The highest BCUT2D eigenvalue weighted by atomic mass is 19.4. The molecule has 2 aromatic heterocycles. The van der Waals surface area contributed by atoms with Crippen molar-refractivity contribution in [2.75, 3.05) is 0 Å². The van der Waals surface area contributed by atoms with Crippen molar-refractivity contribution in [3.63, 3.8) is 0 Å². The van der Waals surface area contributed by atoms with Crippen LogP contribution in [0.3, 0.4) is 0 Å². The molecule has 0 aliphatic carbocycles. The molecule has 0 radical (unpaired) electrons. The van der Waals surface area contributed by atoms with Crippen LogP contribution in [-0.4, -0.2) is 42.2 Å². The number of rotatable bonds is 1. The van der Waals surface area contributed by atoms with E-state index >= 15 is 0 Å². The minimum atomic E-state index is -6.08. The van der Waals surface area contributed by atoms with Gasteiger partial charge in [-0.15, -0.1) is 14.9 Å². The van der Waals surface area contributed by atoms with Gasteiger partial charge < -0.3 is 0 Å². The highest BCUT2D eigenvalue weighted by Gasteiger charge is 2.62. The molecule has 2 heterocycles. The van der Waals surface area contributed by atoms with E-state index in [2.05, 4.69) is 20.6 Å². The summed E-state index contributed by atoms with van der Waals surface area (Å²) in [6.07, 6.45) is -4.17. The van der Waals surface area contributed by atoms with Crippen molar-refractivity contribution >= 4 is 6.03 Å². The van der Waals surface area contributed by atoms with Crippen molar-refractivity contribution in [2.45, 2.75) is 12.1 Å². The first kappa shape index (κ1) is 14.0. The summed E-state index contributed by atoms with van der Waals surface area (Å²) in [5.74, 6) is -7.83. The van der Waals surface area contributed by atoms with E-state index in [-0.39, 0.29) is 4.68 Å². The van der Waals surface area contributed by atoms with E-state index in [0.29, 0.717) is 4.68 Å². The number of halogens is 6. The van der Waals surface area contributed by atoms with Crippen LogP contribution in [0.15, 0.2) is 12.4 Å². The van der Waals surface area contributed by atoms with E-state index in [1.807, 2.05) is 0 Å². The second kappa shape index (κ2) is 4.28. The predicted molar refractivity (Wildman–Crippen MR) is 46.1 cm³/mol. The molecular formula is C7H2F6N6O. The van der Waals surface area contributed by atoms with Gasteiger partial charge in [0.2, 0.25) is 0 Å². The van der Waals surface area contributed by atoms with E-state index in [9.17, 15) is 31.1 Å². The minimum Gasteiger partial charge on any atom is -0.243 e. The average molecular weight is 300 g/mol. The third-order valence-corrected chi connectivity index (χ3v) is 2.07. The van der Waals surface area contributed by atoms with Gasteiger partial charge in [0.05, 0.1) is 12.4 Å². The fourth-order valence-corrected chi connectivity index (χ4v) is 1.13. The van der Waals surface area contributed by atoms with Crippen LogP contribution in [-0.2, 0) is 5.92 Å². The van der Waals surface area contributed by atoms with Gasteiger partial charge in [0.25, 0.3) is 5.95 Å². The summed E-state index contributed by atoms with van der Waals surface area (Å²) in [4.78, 5) is 11.5. The van der Waals surface area contributed by atoms with Crippen LogP contribution < -0.4 is 0 Å². The smallest absolute Gasteiger partial charge is 0.243 e. The first-order chi connectivity index (χ1) is 9.16. The molecule has 0 aliphatic rings. The third-order valence-electron chi connectivity index (χ3n) is 2.07. The maximum absolute atomic E-state index is 13.5. The zero-order valence-corrected chi connectivity index (χ0v) is 9.01. The standard InChI is InChI=1S/C7H2F6N6O/c8-4-3(6(9,10)7(11,12)13)15-17-19(4)5(20)18-2-1-14-16-18/h1-2H. The lowest BCUT2D eigenvalue weighted by atomic mass is 10.2. The van der Waals surface area contributed by atoms with Crippen LogP contribution in [0.1, 0.15) is 5.69 Å². The average Bonchev–Trinajstić information content (AvgIpc) is 2.95. The fourth-order valence-electron chi connectivity index (χ4n) is 1.13. The number of hydrogen-bond donors (Lipinski definition) is 0. The molecule has 2 rings (SSSR count). The van der Waals surface area contributed by atoms with Gasteiger partial charge in [-0.3, -0.25) is 0 Å². The Kier molecular flexibility index (Phi) is 2.98. The van der Waals surface area contributed by atoms with Crippen LogP contribution >= 0.6 is 0 Å². The second-order valence-electron chi connectivity index (χ2n) is 3.34. The number of carbonyl (C=O) groups is 1. The lowest BCUT2D eigenvalue weighted by molar-refractivity contribution is -0.292. The van der Waals surface area contributed by atoms with Crippen molar-refractivity contribution in [1.82, 2.24) is 30.0 Å². The Balaban J connectivity index is 2.45. The molecule has 20 heavy (non-hydrogen) atoms. The molecule has 0 unspecified atom stereocenters. The van der Waals surface area contributed by atoms with Gasteiger partial charge in [0, 0.05) is 0 Å². The van der Waals surface area contributed by atoms with Crippen LogP contribution in [0, 0.1) is 5.95 Å². The van der Waals surface area contributed by atoms with Gasteiger partial charge in [0.15, 0.2) is 5.69 Å². The Bertz CT molecular complexity index is 631. The van der Waals surface area contributed by atoms with Crippen molar-refractivity contribution in [3.05, 3.63) is 24.0 Å². The molecule has 0 saturated heterocycles. The summed E-state index contributed by atoms with van der Waals surface area (Å²) in [7, 11) is 0. The van der Waals surface area contributed by atoms with E-state index in [1.54, 1.807) is 0 Å². The summed E-state index contributed by atoms with van der Waals surface area (Å²) in [6, 6.07) is -1.46. The van der Waals surface area contributed by atoms with E-state index in [1.165, 1.54) is 0 Å². The molecular weight excluding hydrogens is 298 g/mol. The van der Waals surface area contributed by atoms with Gasteiger partial charge in [-0.1, -0.05) is 10.4 Å². The molecule has 0 N–H and O–H groups in total. The van der Waals surface area contributed by atoms with Gasteiger partial charge in [-0.05, 0) is 0 Å². The Labute approximate surface area is 104 Å². The van der Waals surface area contributed by atoms with Crippen molar-refractivity contribution < 1.29 is 31.1 Å². The quantitative estimate of drug-likeness (QED) is 0.739. The van der Waals surface area contributed by atoms with Gasteiger partial charge in [0.1, 0.15) is 0 Å². The van der Waals surface area contributed by atoms with Gasteiger partial charge in [-0.25, -0.2) is 4.79 Å². The highest BCUT2D eigenvalue weighted by Crippen LogP contribution is 2.43. The monoisotopic (exact) mass is 300 g/mol. The number of carbonyl (C=O) groups excluding carboxylic acids is 1. The Hall–Kier alpha value is -2.47. The largest absolute Gasteiger partial charge is 0.460 e. The Morgan fingerprint density at radius 2 is 1.80 bits per heavy atom. The molecule has 0 amide bonds. The molecule has 2 aromatic rings. The van der Waals surface area contributed by atoms with Crippen molar-refractivity contribution in [3.8, 4) is 0 Å². The maximum atomic E-state index is 13.5. The molecule has 0 saturated carbocycles. The van der Waals surface area contributed by atoms with Gasteiger partial charge in [-0.2, -0.15) is 31.0 Å². The highest BCUT2D eigenvalue weighted by molar-refractivity contribution is 5.77. The third kappa shape index (κ3) is 2.00. The fraction of sp³-hybridized carbons (Fsp3) is 0.286. The molecule has 0 aliphatic heterocycles. The van der Waals surface area contributed by atoms with E-state index in [0.717, 1.165) is 12.4 Å². The topological polar surface area (TPSA) is 78.5 Å². The number of aromatic nitrogens is 6. The second-order valence-corrected chi connectivity index (χ2v) is 3.34. The predicted octanol–water partition coefficient (Wildman–Crippen LogP) is 1.18.